The summed E-state index contributed by atoms with van der Waals surface area (Å²) in [6.07, 6.45) is 3.91. The van der Waals surface area contributed by atoms with E-state index in [1.165, 1.54) is 12.8 Å². The Kier molecular flexibility index (Phi) is 11.7. The molecule has 3 N–H and O–H groups in total. The second kappa shape index (κ2) is 13.2. The van der Waals surface area contributed by atoms with Crippen LogP contribution < -0.4 is 16.0 Å². The summed E-state index contributed by atoms with van der Waals surface area (Å²) in [4.78, 5) is 16.2. The smallest absolute Gasteiger partial charge is 0.226 e. The van der Waals surface area contributed by atoms with E-state index >= 15 is 0 Å². The fourth-order valence-electron chi connectivity index (χ4n) is 2.39. The summed E-state index contributed by atoms with van der Waals surface area (Å²) < 4.78 is 5.60. The minimum absolute atomic E-state index is 0. The maximum absolute atomic E-state index is 12.1. The van der Waals surface area contributed by atoms with Crippen LogP contribution in [0.1, 0.15) is 31.2 Å². The molecule has 8 heteroatoms. The predicted octanol–water partition coefficient (Wildman–Crippen LogP) is 3.58. The molecule has 1 saturated carbocycles. The van der Waals surface area contributed by atoms with E-state index < -0.39 is 0 Å². The molecule has 0 bridgehead atoms. The van der Waals surface area contributed by atoms with Crippen molar-refractivity contribution in [1.29, 1.82) is 0 Å². The lowest BCUT2D eigenvalue weighted by molar-refractivity contribution is -0.116. The number of rotatable bonds is 10. The third-order valence-electron chi connectivity index (χ3n) is 4.22. The van der Waals surface area contributed by atoms with Gasteiger partial charge in [-0.05, 0) is 49.8 Å². The summed E-state index contributed by atoms with van der Waals surface area (Å²) >= 11 is 6.06. The average Bonchev–Trinajstić information content (AvgIpc) is 3.44. The maximum atomic E-state index is 12.1. The van der Waals surface area contributed by atoms with Gasteiger partial charge in [-0.25, -0.2) is 0 Å². The van der Waals surface area contributed by atoms with Crippen LogP contribution in [0.3, 0.4) is 0 Å². The molecule has 1 aromatic rings. The molecule has 0 atom stereocenters. The fourth-order valence-corrected chi connectivity index (χ4v) is 2.56. The third-order valence-corrected chi connectivity index (χ3v) is 4.63. The highest BCUT2D eigenvalue weighted by atomic mass is 127. The minimum Gasteiger partial charge on any atom is -0.381 e. The summed E-state index contributed by atoms with van der Waals surface area (Å²) in [5, 5.41) is 9.89. The van der Waals surface area contributed by atoms with Crippen molar-refractivity contribution in [2.45, 2.75) is 32.6 Å². The molecule has 152 valence electrons. The molecule has 0 spiro atoms. The first-order chi connectivity index (χ1) is 12.6. The van der Waals surface area contributed by atoms with Crippen LogP contribution in [0.2, 0.25) is 5.02 Å². The van der Waals surface area contributed by atoms with Gasteiger partial charge in [0.2, 0.25) is 5.91 Å². The molecule has 0 saturated heterocycles. The number of carbonyl (C=O) groups is 1. The minimum atomic E-state index is -0.0632. The van der Waals surface area contributed by atoms with Crippen LogP contribution in [0.25, 0.3) is 0 Å². The molecule has 1 fully saturated rings. The second-order valence-electron chi connectivity index (χ2n) is 6.51. The Bertz CT molecular complexity index is 624. The van der Waals surface area contributed by atoms with Gasteiger partial charge in [0.1, 0.15) is 0 Å². The molecule has 0 aliphatic heterocycles. The van der Waals surface area contributed by atoms with E-state index in [4.69, 9.17) is 16.3 Å². The van der Waals surface area contributed by atoms with E-state index in [0.29, 0.717) is 23.9 Å². The van der Waals surface area contributed by atoms with Gasteiger partial charge >= 0.3 is 0 Å². The molecule has 1 amide bonds. The zero-order valence-corrected chi connectivity index (χ0v) is 19.1. The molecule has 6 nitrogen and oxygen atoms in total. The number of hydrogen-bond donors (Lipinski definition) is 3. The van der Waals surface area contributed by atoms with Gasteiger partial charge in [0.05, 0.1) is 0 Å². The number of nitrogens with one attached hydrogen (secondary N) is 3. The average molecular weight is 509 g/mol. The molecule has 0 heterocycles. The van der Waals surface area contributed by atoms with Crippen LogP contribution in [0.5, 0.6) is 0 Å². The number of nitrogens with zero attached hydrogens (tertiary/aromatic N) is 1. The lowest BCUT2D eigenvalue weighted by atomic mass is 10.2. The second-order valence-corrected chi connectivity index (χ2v) is 6.92. The molecule has 1 aliphatic rings. The van der Waals surface area contributed by atoms with Crippen LogP contribution in [0.4, 0.5) is 5.69 Å². The van der Waals surface area contributed by atoms with Gasteiger partial charge in [-0.2, -0.15) is 0 Å². The van der Waals surface area contributed by atoms with Crippen molar-refractivity contribution in [3.8, 4) is 0 Å². The van der Waals surface area contributed by atoms with E-state index in [0.717, 1.165) is 43.3 Å². The van der Waals surface area contributed by atoms with Crippen molar-refractivity contribution in [2.75, 3.05) is 38.7 Å². The molecule has 0 aromatic heterocycles. The Morgan fingerprint density at radius 2 is 2.04 bits per heavy atom. The van der Waals surface area contributed by atoms with E-state index in [1.807, 2.05) is 19.1 Å². The topological polar surface area (TPSA) is 74.8 Å². The number of amides is 1. The van der Waals surface area contributed by atoms with Crippen molar-refractivity contribution < 1.29 is 9.53 Å². The zero-order valence-electron chi connectivity index (χ0n) is 16.0. The summed E-state index contributed by atoms with van der Waals surface area (Å²) in [6.45, 7) is 4.84. The number of benzene rings is 1. The monoisotopic (exact) mass is 508 g/mol. The van der Waals surface area contributed by atoms with Crippen LogP contribution in [0, 0.1) is 12.8 Å². The van der Waals surface area contributed by atoms with Gasteiger partial charge in [0.25, 0.3) is 0 Å². The number of anilines is 1. The first-order valence-electron chi connectivity index (χ1n) is 9.17. The fraction of sp³-hybridized carbons (Fsp3) is 0.579. The van der Waals surface area contributed by atoms with E-state index in [2.05, 4.69) is 20.9 Å². The highest BCUT2D eigenvalue weighted by Gasteiger charge is 2.20. The number of hydrogen-bond acceptors (Lipinski definition) is 3. The number of carbonyl (C=O) groups excluding carboxylic acids is 1. The van der Waals surface area contributed by atoms with Gasteiger partial charge in [-0.15, -0.1) is 24.0 Å². The molecule has 2 rings (SSSR count). The third kappa shape index (κ3) is 9.62. The normalized spacial score (nSPS) is 13.7. The number of aliphatic imine (C=N–C) groups is 1. The predicted molar refractivity (Wildman–Crippen MR) is 122 cm³/mol. The number of halogens is 2. The Morgan fingerprint density at radius 3 is 2.74 bits per heavy atom. The molecule has 0 radical (unpaired) electrons. The van der Waals surface area contributed by atoms with Crippen molar-refractivity contribution in [3.05, 3.63) is 28.8 Å². The molecule has 27 heavy (non-hydrogen) atoms. The van der Waals surface area contributed by atoms with Gasteiger partial charge in [-0.1, -0.05) is 17.7 Å². The molecule has 1 aliphatic carbocycles. The van der Waals surface area contributed by atoms with Crippen molar-refractivity contribution in [2.24, 2.45) is 10.9 Å². The SMILES string of the molecule is CN=C(NCCCOCC1CC1)NCCC(=O)Nc1cccc(Cl)c1C.I. The quantitative estimate of drug-likeness (QED) is 0.195. The Labute approximate surface area is 183 Å². The Hall–Kier alpha value is -1.06. The highest BCUT2D eigenvalue weighted by Crippen LogP contribution is 2.28. The summed E-state index contributed by atoms with van der Waals surface area (Å²) in [5.74, 6) is 1.44. The van der Waals surface area contributed by atoms with Gasteiger partial charge in [0, 0.05) is 50.5 Å². The van der Waals surface area contributed by atoms with Crippen LogP contribution >= 0.6 is 35.6 Å². The van der Waals surface area contributed by atoms with Crippen LogP contribution in [-0.4, -0.2) is 45.2 Å². The largest absolute Gasteiger partial charge is 0.381 e. The molecule has 1 aromatic carbocycles. The molecular formula is C19H30ClIN4O2. The van der Waals surface area contributed by atoms with E-state index in [-0.39, 0.29) is 29.9 Å². The maximum Gasteiger partial charge on any atom is 0.226 e. The Morgan fingerprint density at radius 1 is 1.30 bits per heavy atom. The number of ether oxygens (including phenoxy) is 1. The van der Waals surface area contributed by atoms with Crippen molar-refractivity contribution in [1.82, 2.24) is 10.6 Å². The van der Waals surface area contributed by atoms with Gasteiger partial charge in [0.15, 0.2) is 5.96 Å². The van der Waals surface area contributed by atoms with E-state index in [9.17, 15) is 4.79 Å². The molecular weight excluding hydrogens is 479 g/mol. The first-order valence-corrected chi connectivity index (χ1v) is 9.55. The lowest BCUT2D eigenvalue weighted by Gasteiger charge is -2.13. The summed E-state index contributed by atoms with van der Waals surface area (Å²) in [7, 11) is 1.72. The van der Waals surface area contributed by atoms with Crippen LogP contribution in [0.15, 0.2) is 23.2 Å². The molecule has 0 unspecified atom stereocenters. The van der Waals surface area contributed by atoms with Crippen LogP contribution in [-0.2, 0) is 9.53 Å². The summed E-state index contributed by atoms with van der Waals surface area (Å²) in [5.41, 5.74) is 1.62. The van der Waals surface area contributed by atoms with Crippen molar-refractivity contribution in [3.63, 3.8) is 0 Å². The lowest BCUT2D eigenvalue weighted by Crippen LogP contribution is -2.39. The Balaban J connectivity index is 0.00000364. The van der Waals surface area contributed by atoms with Gasteiger partial charge in [-0.3, -0.25) is 9.79 Å². The summed E-state index contributed by atoms with van der Waals surface area (Å²) in [6, 6.07) is 5.47. The van der Waals surface area contributed by atoms with E-state index in [1.54, 1.807) is 13.1 Å². The standard InChI is InChI=1S/C19H29ClN4O2.HI/c1-14-16(20)5-3-6-17(14)24-18(25)9-11-23-19(21-2)22-10-4-12-26-13-15-7-8-15;/h3,5-6,15H,4,7-13H2,1-2H3,(H,24,25)(H2,21,22,23);1H. The highest BCUT2D eigenvalue weighted by molar-refractivity contribution is 14.0. The van der Waals surface area contributed by atoms with Gasteiger partial charge < -0.3 is 20.7 Å². The first kappa shape index (κ1) is 24.0. The number of guanidine groups is 1. The van der Waals surface area contributed by atoms with Crippen molar-refractivity contribution >= 4 is 53.1 Å². The zero-order chi connectivity index (χ0) is 18.8.